The van der Waals surface area contributed by atoms with E-state index in [0.29, 0.717) is 5.82 Å². The maximum absolute atomic E-state index is 11.3. The molecule has 0 saturated heterocycles. The van der Waals surface area contributed by atoms with E-state index in [1.807, 2.05) is 31.2 Å². The lowest BCUT2D eigenvalue weighted by Crippen LogP contribution is -2.06. The van der Waals surface area contributed by atoms with Crippen molar-refractivity contribution in [3.05, 3.63) is 41.6 Å². The summed E-state index contributed by atoms with van der Waals surface area (Å²) >= 11 is 0. The predicted octanol–water partition coefficient (Wildman–Crippen LogP) is 1.55. The van der Waals surface area contributed by atoms with Gasteiger partial charge in [0.15, 0.2) is 5.69 Å². The summed E-state index contributed by atoms with van der Waals surface area (Å²) in [6.07, 6.45) is 0. The van der Waals surface area contributed by atoms with Crippen molar-refractivity contribution in [2.75, 3.05) is 12.8 Å². The molecular formula is C12H13N3O2. The number of nitrogen functional groups attached to an aromatic ring is 1. The van der Waals surface area contributed by atoms with E-state index in [4.69, 9.17) is 5.73 Å². The largest absolute Gasteiger partial charge is 0.464 e. The lowest BCUT2D eigenvalue weighted by Gasteiger charge is -2.06. The quantitative estimate of drug-likeness (QED) is 0.796. The van der Waals surface area contributed by atoms with Gasteiger partial charge in [0.25, 0.3) is 0 Å². The van der Waals surface area contributed by atoms with Crippen molar-refractivity contribution in [2.45, 2.75) is 6.92 Å². The highest BCUT2D eigenvalue weighted by atomic mass is 16.5. The molecule has 0 bridgehead atoms. The highest BCUT2D eigenvalue weighted by Gasteiger charge is 2.14. The van der Waals surface area contributed by atoms with E-state index in [2.05, 4.69) is 9.84 Å². The highest BCUT2D eigenvalue weighted by molar-refractivity contribution is 5.88. The van der Waals surface area contributed by atoms with Crippen LogP contribution in [0.1, 0.15) is 16.1 Å². The van der Waals surface area contributed by atoms with Crippen LogP contribution in [0.15, 0.2) is 30.3 Å². The Balaban J connectivity index is 2.50. The van der Waals surface area contributed by atoms with E-state index >= 15 is 0 Å². The maximum Gasteiger partial charge on any atom is 0.358 e. The van der Waals surface area contributed by atoms with Crippen molar-refractivity contribution in [3.8, 4) is 5.69 Å². The molecule has 0 spiro atoms. The smallest absolute Gasteiger partial charge is 0.358 e. The summed E-state index contributed by atoms with van der Waals surface area (Å²) in [7, 11) is 1.31. The van der Waals surface area contributed by atoms with E-state index in [-0.39, 0.29) is 5.69 Å². The van der Waals surface area contributed by atoms with Crippen LogP contribution >= 0.6 is 0 Å². The molecule has 2 aromatic rings. The van der Waals surface area contributed by atoms with Gasteiger partial charge in [-0.3, -0.25) is 0 Å². The molecule has 5 heteroatoms. The summed E-state index contributed by atoms with van der Waals surface area (Å²) in [5.74, 6) is -0.0938. The van der Waals surface area contributed by atoms with Crippen molar-refractivity contribution < 1.29 is 9.53 Å². The summed E-state index contributed by atoms with van der Waals surface area (Å²) in [6, 6.07) is 9.16. The Morgan fingerprint density at radius 2 is 2.12 bits per heavy atom. The second-order valence-corrected chi connectivity index (χ2v) is 3.64. The van der Waals surface area contributed by atoms with Crippen LogP contribution in [-0.2, 0) is 4.74 Å². The number of carbonyl (C=O) groups is 1. The van der Waals surface area contributed by atoms with Gasteiger partial charge in [-0.05, 0) is 18.6 Å². The molecule has 1 aromatic carbocycles. The van der Waals surface area contributed by atoms with Crippen molar-refractivity contribution in [1.82, 2.24) is 9.78 Å². The molecule has 0 aliphatic heterocycles. The van der Waals surface area contributed by atoms with Crippen LogP contribution in [-0.4, -0.2) is 22.9 Å². The number of nitrogens with zero attached hydrogens (tertiary/aromatic N) is 2. The fraction of sp³-hybridized carbons (Fsp3) is 0.167. The molecule has 17 heavy (non-hydrogen) atoms. The number of aryl methyl sites for hydroxylation is 1. The standard InChI is InChI=1S/C12H13N3O2/c1-8-5-3-4-6-10(8)15-11(13)7-9(14-15)12(16)17-2/h3-7H,13H2,1-2H3. The topological polar surface area (TPSA) is 70.1 Å². The van der Waals surface area contributed by atoms with Gasteiger partial charge in [0, 0.05) is 6.07 Å². The van der Waals surface area contributed by atoms with Crippen LogP contribution in [0.4, 0.5) is 5.82 Å². The molecule has 2 rings (SSSR count). The molecule has 0 aliphatic carbocycles. The van der Waals surface area contributed by atoms with Gasteiger partial charge in [-0.1, -0.05) is 18.2 Å². The molecule has 0 saturated carbocycles. The van der Waals surface area contributed by atoms with Gasteiger partial charge in [0.05, 0.1) is 12.8 Å². The molecule has 0 fully saturated rings. The minimum atomic E-state index is -0.496. The highest BCUT2D eigenvalue weighted by Crippen LogP contribution is 2.18. The van der Waals surface area contributed by atoms with Crippen LogP contribution in [0.5, 0.6) is 0 Å². The number of esters is 1. The fourth-order valence-electron chi connectivity index (χ4n) is 1.59. The number of carbonyl (C=O) groups excluding carboxylic acids is 1. The van der Waals surface area contributed by atoms with Crippen molar-refractivity contribution in [3.63, 3.8) is 0 Å². The molecule has 1 heterocycles. The van der Waals surface area contributed by atoms with Crippen LogP contribution < -0.4 is 5.73 Å². The van der Waals surface area contributed by atoms with Crippen LogP contribution in [0.3, 0.4) is 0 Å². The molecule has 5 nitrogen and oxygen atoms in total. The molecule has 0 radical (unpaired) electrons. The van der Waals surface area contributed by atoms with Gasteiger partial charge in [-0.2, -0.15) is 5.10 Å². The summed E-state index contributed by atoms with van der Waals surface area (Å²) in [5, 5.41) is 4.13. The predicted molar refractivity (Wildman–Crippen MR) is 64.1 cm³/mol. The fourth-order valence-corrected chi connectivity index (χ4v) is 1.59. The van der Waals surface area contributed by atoms with E-state index < -0.39 is 5.97 Å². The number of hydrogen-bond donors (Lipinski definition) is 1. The van der Waals surface area contributed by atoms with Crippen LogP contribution in [0.25, 0.3) is 5.69 Å². The van der Waals surface area contributed by atoms with Gasteiger partial charge in [-0.25, -0.2) is 9.48 Å². The molecule has 2 N–H and O–H groups in total. The van der Waals surface area contributed by atoms with Crippen LogP contribution in [0.2, 0.25) is 0 Å². The van der Waals surface area contributed by atoms with Crippen molar-refractivity contribution in [2.24, 2.45) is 0 Å². The summed E-state index contributed by atoms with van der Waals surface area (Å²) < 4.78 is 6.13. The van der Waals surface area contributed by atoms with E-state index in [9.17, 15) is 4.79 Å². The monoisotopic (exact) mass is 231 g/mol. The second kappa shape index (κ2) is 4.29. The third-order valence-corrected chi connectivity index (χ3v) is 2.48. The zero-order chi connectivity index (χ0) is 12.4. The number of ether oxygens (including phenoxy) is 1. The van der Waals surface area contributed by atoms with E-state index in [1.165, 1.54) is 17.9 Å². The minimum absolute atomic E-state index is 0.202. The summed E-state index contributed by atoms with van der Waals surface area (Å²) in [6.45, 7) is 1.95. The molecule has 0 unspecified atom stereocenters. The Morgan fingerprint density at radius 3 is 2.76 bits per heavy atom. The maximum atomic E-state index is 11.3. The first-order chi connectivity index (χ1) is 8.13. The van der Waals surface area contributed by atoms with Crippen LogP contribution in [0, 0.1) is 6.92 Å². The van der Waals surface area contributed by atoms with Gasteiger partial charge in [0.2, 0.25) is 0 Å². The number of nitrogens with two attached hydrogens (primary N) is 1. The molecule has 0 aliphatic rings. The number of anilines is 1. The Labute approximate surface area is 98.8 Å². The first kappa shape index (κ1) is 11.2. The first-order valence-electron chi connectivity index (χ1n) is 5.13. The van der Waals surface area contributed by atoms with Gasteiger partial charge < -0.3 is 10.5 Å². The summed E-state index contributed by atoms with van der Waals surface area (Å²) in [4.78, 5) is 11.3. The Bertz CT molecular complexity index is 561. The number of para-hydroxylation sites is 1. The number of methoxy groups -OCH3 is 1. The molecule has 1 aromatic heterocycles. The molecule has 0 amide bonds. The number of hydrogen-bond acceptors (Lipinski definition) is 4. The van der Waals surface area contributed by atoms with E-state index in [0.717, 1.165) is 11.3 Å². The Hall–Kier alpha value is -2.30. The lowest BCUT2D eigenvalue weighted by molar-refractivity contribution is 0.0593. The SMILES string of the molecule is COC(=O)c1cc(N)n(-c2ccccc2C)n1. The minimum Gasteiger partial charge on any atom is -0.464 e. The van der Waals surface area contributed by atoms with Gasteiger partial charge in [-0.15, -0.1) is 0 Å². The number of rotatable bonds is 2. The second-order valence-electron chi connectivity index (χ2n) is 3.64. The number of aromatic nitrogens is 2. The molecular weight excluding hydrogens is 218 g/mol. The third-order valence-electron chi connectivity index (χ3n) is 2.48. The van der Waals surface area contributed by atoms with Crippen molar-refractivity contribution in [1.29, 1.82) is 0 Å². The van der Waals surface area contributed by atoms with Gasteiger partial charge in [0.1, 0.15) is 5.82 Å². The first-order valence-corrected chi connectivity index (χ1v) is 5.13. The lowest BCUT2D eigenvalue weighted by atomic mass is 10.2. The Kier molecular flexibility index (Phi) is 2.82. The average Bonchev–Trinajstić information content (AvgIpc) is 2.71. The van der Waals surface area contributed by atoms with Gasteiger partial charge >= 0.3 is 5.97 Å². The third kappa shape index (κ3) is 1.99. The average molecular weight is 231 g/mol. The number of benzene rings is 1. The molecule has 88 valence electrons. The van der Waals surface area contributed by atoms with Crippen molar-refractivity contribution >= 4 is 11.8 Å². The van der Waals surface area contributed by atoms with E-state index in [1.54, 1.807) is 0 Å². The zero-order valence-electron chi connectivity index (χ0n) is 9.68. The zero-order valence-corrected chi connectivity index (χ0v) is 9.68. The summed E-state index contributed by atoms with van der Waals surface area (Å²) in [5.41, 5.74) is 7.90. The normalized spacial score (nSPS) is 10.2. The molecule has 0 atom stereocenters. The Morgan fingerprint density at radius 1 is 1.41 bits per heavy atom.